The van der Waals surface area contributed by atoms with Gasteiger partial charge in [-0.1, -0.05) is 0 Å². The number of nitrogens with zero attached hydrogens (tertiary/aromatic N) is 1. The SMILES string of the molecule is COCCN1CCC(C)NC(CO)C1. The van der Waals surface area contributed by atoms with E-state index in [-0.39, 0.29) is 12.6 Å². The molecule has 1 fully saturated rings. The minimum Gasteiger partial charge on any atom is -0.395 e. The molecule has 14 heavy (non-hydrogen) atoms. The van der Waals surface area contributed by atoms with Crippen molar-refractivity contribution in [2.45, 2.75) is 25.4 Å². The van der Waals surface area contributed by atoms with Gasteiger partial charge in [-0.3, -0.25) is 4.90 Å². The molecule has 4 heteroatoms. The summed E-state index contributed by atoms with van der Waals surface area (Å²) in [5.41, 5.74) is 0. The van der Waals surface area contributed by atoms with Crippen molar-refractivity contribution in [3.05, 3.63) is 0 Å². The van der Waals surface area contributed by atoms with Crippen molar-refractivity contribution in [3.8, 4) is 0 Å². The average Bonchev–Trinajstić information content (AvgIpc) is 2.37. The Balaban J connectivity index is 2.36. The van der Waals surface area contributed by atoms with Gasteiger partial charge in [0.05, 0.1) is 13.2 Å². The maximum atomic E-state index is 9.16. The lowest BCUT2D eigenvalue weighted by Crippen LogP contribution is -2.43. The van der Waals surface area contributed by atoms with Gasteiger partial charge >= 0.3 is 0 Å². The highest BCUT2D eigenvalue weighted by Crippen LogP contribution is 2.04. The molecule has 0 saturated carbocycles. The van der Waals surface area contributed by atoms with Gasteiger partial charge in [0.15, 0.2) is 0 Å². The summed E-state index contributed by atoms with van der Waals surface area (Å²) in [6.07, 6.45) is 1.14. The molecule has 0 radical (unpaired) electrons. The molecule has 0 aromatic rings. The second kappa shape index (κ2) is 6.35. The van der Waals surface area contributed by atoms with E-state index in [1.807, 2.05) is 0 Å². The van der Waals surface area contributed by atoms with Crippen molar-refractivity contribution < 1.29 is 9.84 Å². The van der Waals surface area contributed by atoms with Crippen LogP contribution in [-0.2, 0) is 4.74 Å². The highest BCUT2D eigenvalue weighted by atomic mass is 16.5. The smallest absolute Gasteiger partial charge is 0.0597 e. The average molecular weight is 202 g/mol. The number of ether oxygens (including phenoxy) is 1. The van der Waals surface area contributed by atoms with Crippen molar-refractivity contribution in [1.29, 1.82) is 0 Å². The molecule has 2 unspecified atom stereocenters. The fourth-order valence-electron chi connectivity index (χ4n) is 1.85. The van der Waals surface area contributed by atoms with Gasteiger partial charge in [0, 0.05) is 32.3 Å². The first-order valence-corrected chi connectivity index (χ1v) is 5.34. The van der Waals surface area contributed by atoms with E-state index in [4.69, 9.17) is 9.84 Å². The summed E-state index contributed by atoms with van der Waals surface area (Å²) < 4.78 is 5.06. The van der Waals surface area contributed by atoms with Gasteiger partial charge in [-0.2, -0.15) is 0 Å². The molecule has 1 aliphatic heterocycles. The zero-order valence-corrected chi connectivity index (χ0v) is 9.20. The fourth-order valence-corrected chi connectivity index (χ4v) is 1.85. The maximum Gasteiger partial charge on any atom is 0.0597 e. The van der Waals surface area contributed by atoms with Crippen LogP contribution >= 0.6 is 0 Å². The van der Waals surface area contributed by atoms with Crippen molar-refractivity contribution in [3.63, 3.8) is 0 Å². The molecule has 0 spiro atoms. The minimum absolute atomic E-state index is 0.212. The van der Waals surface area contributed by atoms with Crippen LogP contribution in [0.2, 0.25) is 0 Å². The minimum atomic E-state index is 0.212. The molecule has 0 aromatic carbocycles. The third-order valence-electron chi connectivity index (χ3n) is 2.71. The van der Waals surface area contributed by atoms with Gasteiger partial charge in [-0.05, 0) is 19.9 Å². The molecular weight excluding hydrogens is 180 g/mol. The number of aliphatic hydroxyl groups excluding tert-OH is 1. The van der Waals surface area contributed by atoms with E-state index in [9.17, 15) is 0 Å². The Bertz CT molecular complexity index is 155. The summed E-state index contributed by atoms with van der Waals surface area (Å²) in [6, 6.07) is 0.712. The maximum absolute atomic E-state index is 9.16. The third-order valence-corrected chi connectivity index (χ3v) is 2.71. The Morgan fingerprint density at radius 1 is 1.57 bits per heavy atom. The van der Waals surface area contributed by atoms with Gasteiger partial charge in [0.25, 0.3) is 0 Å². The van der Waals surface area contributed by atoms with Crippen LogP contribution in [0.1, 0.15) is 13.3 Å². The van der Waals surface area contributed by atoms with Crippen LogP contribution in [-0.4, -0.2) is 62.0 Å². The first-order valence-electron chi connectivity index (χ1n) is 5.34. The molecule has 1 saturated heterocycles. The predicted molar refractivity (Wildman–Crippen MR) is 56.4 cm³/mol. The lowest BCUT2D eigenvalue weighted by Gasteiger charge is -2.22. The van der Waals surface area contributed by atoms with E-state index in [1.165, 1.54) is 0 Å². The van der Waals surface area contributed by atoms with Gasteiger partial charge in [0.1, 0.15) is 0 Å². The van der Waals surface area contributed by atoms with Crippen LogP contribution in [0.5, 0.6) is 0 Å². The molecule has 0 aliphatic carbocycles. The highest BCUT2D eigenvalue weighted by molar-refractivity contribution is 4.79. The van der Waals surface area contributed by atoms with E-state index in [2.05, 4.69) is 17.1 Å². The first-order chi connectivity index (χ1) is 6.76. The monoisotopic (exact) mass is 202 g/mol. The van der Waals surface area contributed by atoms with Crippen LogP contribution in [0.25, 0.3) is 0 Å². The van der Waals surface area contributed by atoms with Crippen LogP contribution in [0.4, 0.5) is 0 Å². The summed E-state index contributed by atoms with van der Waals surface area (Å²) in [7, 11) is 1.72. The Hall–Kier alpha value is -0.160. The first kappa shape index (κ1) is 11.9. The third kappa shape index (κ3) is 3.92. The normalized spacial score (nSPS) is 30.2. The summed E-state index contributed by atoms with van der Waals surface area (Å²) in [6.45, 7) is 6.13. The van der Waals surface area contributed by atoms with Crippen LogP contribution in [0.15, 0.2) is 0 Å². The Morgan fingerprint density at radius 3 is 3.00 bits per heavy atom. The molecule has 1 heterocycles. The largest absolute Gasteiger partial charge is 0.395 e. The molecule has 0 amide bonds. The van der Waals surface area contributed by atoms with Crippen molar-refractivity contribution in [1.82, 2.24) is 10.2 Å². The lowest BCUT2D eigenvalue weighted by atomic mass is 10.2. The number of hydrogen-bond acceptors (Lipinski definition) is 4. The van der Waals surface area contributed by atoms with Crippen molar-refractivity contribution >= 4 is 0 Å². The molecule has 0 aromatic heterocycles. The van der Waals surface area contributed by atoms with Crippen molar-refractivity contribution in [2.75, 3.05) is 40.0 Å². The van der Waals surface area contributed by atoms with Crippen LogP contribution < -0.4 is 5.32 Å². The highest BCUT2D eigenvalue weighted by Gasteiger charge is 2.19. The van der Waals surface area contributed by atoms with E-state index >= 15 is 0 Å². The summed E-state index contributed by atoms with van der Waals surface area (Å²) in [5.74, 6) is 0. The molecular formula is C10H22N2O2. The quantitative estimate of drug-likeness (QED) is 0.656. The summed E-state index contributed by atoms with van der Waals surface area (Å²) >= 11 is 0. The molecule has 2 atom stereocenters. The molecule has 1 rings (SSSR count). The topological polar surface area (TPSA) is 44.7 Å². The number of methoxy groups -OCH3 is 1. The zero-order chi connectivity index (χ0) is 10.4. The standard InChI is InChI=1S/C10H22N2O2/c1-9-3-4-12(5-6-14-2)7-10(8-13)11-9/h9-11,13H,3-8H2,1-2H3. The van der Waals surface area contributed by atoms with Gasteiger partial charge in [0.2, 0.25) is 0 Å². The fraction of sp³-hybridized carbons (Fsp3) is 1.00. The molecule has 2 N–H and O–H groups in total. The summed E-state index contributed by atoms with van der Waals surface area (Å²) in [5, 5.41) is 12.6. The van der Waals surface area contributed by atoms with E-state index in [0.717, 1.165) is 32.7 Å². The van der Waals surface area contributed by atoms with Crippen LogP contribution in [0.3, 0.4) is 0 Å². The molecule has 0 bridgehead atoms. The van der Waals surface area contributed by atoms with E-state index < -0.39 is 0 Å². The van der Waals surface area contributed by atoms with Gasteiger partial charge in [-0.15, -0.1) is 0 Å². The van der Waals surface area contributed by atoms with E-state index in [0.29, 0.717) is 6.04 Å². The van der Waals surface area contributed by atoms with Gasteiger partial charge < -0.3 is 15.2 Å². The Kier molecular flexibility index (Phi) is 5.40. The second-order valence-corrected chi connectivity index (χ2v) is 4.03. The second-order valence-electron chi connectivity index (χ2n) is 4.03. The van der Waals surface area contributed by atoms with E-state index in [1.54, 1.807) is 7.11 Å². The molecule has 4 nitrogen and oxygen atoms in total. The van der Waals surface area contributed by atoms with Crippen LogP contribution in [0, 0.1) is 0 Å². The number of hydrogen-bond donors (Lipinski definition) is 2. The molecule has 1 aliphatic rings. The number of nitrogens with one attached hydrogen (secondary N) is 1. The predicted octanol–water partition coefficient (Wildman–Crippen LogP) is -0.322. The number of rotatable bonds is 4. The Labute approximate surface area is 86.2 Å². The lowest BCUT2D eigenvalue weighted by molar-refractivity contribution is 0.137. The summed E-state index contributed by atoms with van der Waals surface area (Å²) in [4.78, 5) is 2.35. The zero-order valence-electron chi connectivity index (χ0n) is 9.20. The Morgan fingerprint density at radius 2 is 2.36 bits per heavy atom. The molecule has 84 valence electrons. The number of aliphatic hydroxyl groups is 1. The van der Waals surface area contributed by atoms with Gasteiger partial charge in [-0.25, -0.2) is 0 Å². The van der Waals surface area contributed by atoms with Crippen molar-refractivity contribution in [2.24, 2.45) is 0 Å².